The van der Waals surface area contributed by atoms with Crippen LogP contribution in [0.4, 0.5) is 0 Å². The Bertz CT molecular complexity index is 1020. The number of rotatable bonds is 6. The van der Waals surface area contributed by atoms with Crippen LogP contribution < -0.4 is 15.2 Å². The van der Waals surface area contributed by atoms with Gasteiger partial charge in [0.15, 0.2) is 11.5 Å². The zero-order valence-corrected chi connectivity index (χ0v) is 16.5. The van der Waals surface area contributed by atoms with Crippen LogP contribution in [0.5, 0.6) is 11.5 Å². The molecule has 2 atom stereocenters. The average molecular weight is 410 g/mol. The van der Waals surface area contributed by atoms with Gasteiger partial charge in [0.05, 0.1) is 6.54 Å². The Morgan fingerprint density at radius 2 is 1.87 bits per heavy atom. The Labute approximate surface area is 173 Å². The number of ketones is 1. The van der Waals surface area contributed by atoms with Gasteiger partial charge >= 0.3 is 5.97 Å². The fourth-order valence-corrected chi connectivity index (χ4v) is 4.35. The second-order valence-corrected chi connectivity index (χ2v) is 7.63. The second kappa shape index (κ2) is 7.79. The van der Waals surface area contributed by atoms with Crippen molar-refractivity contribution in [2.45, 2.75) is 25.3 Å². The molecule has 156 valence electrons. The SMILES string of the molecule is CC(=O)CN1CC(c2ccc3c(c2C(=O)O)OCO3)CC1c1ccc(C(N)=O)cc1. The molecule has 1 fully saturated rings. The van der Waals surface area contributed by atoms with Crippen molar-refractivity contribution in [1.82, 2.24) is 4.90 Å². The maximum absolute atomic E-state index is 12.0. The molecule has 2 aliphatic rings. The number of hydrogen-bond acceptors (Lipinski definition) is 6. The van der Waals surface area contributed by atoms with Gasteiger partial charge in [0.25, 0.3) is 0 Å². The van der Waals surface area contributed by atoms with Gasteiger partial charge in [-0.2, -0.15) is 0 Å². The van der Waals surface area contributed by atoms with E-state index in [1.54, 1.807) is 24.3 Å². The van der Waals surface area contributed by atoms with E-state index in [9.17, 15) is 19.5 Å². The lowest BCUT2D eigenvalue weighted by atomic mass is 9.89. The van der Waals surface area contributed by atoms with Crippen LogP contribution >= 0.6 is 0 Å². The highest BCUT2D eigenvalue weighted by Gasteiger charge is 2.38. The predicted octanol–water partition coefficient (Wildman–Crippen LogP) is 2.33. The van der Waals surface area contributed by atoms with Gasteiger partial charge in [-0.1, -0.05) is 18.2 Å². The first kappa shape index (κ1) is 19.9. The number of nitrogens with two attached hydrogens (primary N) is 1. The molecule has 0 aromatic heterocycles. The van der Waals surface area contributed by atoms with Crippen LogP contribution in [-0.2, 0) is 4.79 Å². The second-order valence-electron chi connectivity index (χ2n) is 7.63. The fourth-order valence-electron chi connectivity index (χ4n) is 4.35. The molecule has 8 heteroatoms. The highest BCUT2D eigenvalue weighted by atomic mass is 16.7. The Hall–Kier alpha value is -3.39. The van der Waals surface area contributed by atoms with Crippen molar-refractivity contribution in [2.24, 2.45) is 5.73 Å². The van der Waals surface area contributed by atoms with E-state index < -0.39 is 11.9 Å². The van der Waals surface area contributed by atoms with Crippen molar-refractivity contribution >= 4 is 17.7 Å². The zero-order chi connectivity index (χ0) is 21.4. The third kappa shape index (κ3) is 3.61. The Kier molecular flexibility index (Phi) is 5.17. The third-order valence-corrected chi connectivity index (χ3v) is 5.63. The topological polar surface area (TPSA) is 119 Å². The largest absolute Gasteiger partial charge is 0.478 e. The molecule has 8 nitrogen and oxygen atoms in total. The highest BCUT2D eigenvalue weighted by molar-refractivity contribution is 5.94. The lowest BCUT2D eigenvalue weighted by Crippen LogP contribution is -2.29. The monoisotopic (exact) mass is 410 g/mol. The van der Waals surface area contributed by atoms with E-state index in [-0.39, 0.29) is 42.4 Å². The van der Waals surface area contributed by atoms with E-state index in [0.717, 1.165) is 5.56 Å². The van der Waals surface area contributed by atoms with Crippen molar-refractivity contribution < 1.29 is 29.0 Å². The molecule has 2 aromatic rings. The number of benzene rings is 2. The number of primary amides is 1. The number of amides is 1. The number of carboxylic acid groups (broad SMARTS) is 1. The molecule has 0 aliphatic carbocycles. The van der Waals surface area contributed by atoms with Crippen molar-refractivity contribution in [3.8, 4) is 11.5 Å². The van der Waals surface area contributed by atoms with Gasteiger partial charge in [0.2, 0.25) is 12.7 Å². The Morgan fingerprint density at radius 3 is 2.50 bits per heavy atom. The van der Waals surface area contributed by atoms with Crippen LogP contribution in [0.25, 0.3) is 0 Å². The van der Waals surface area contributed by atoms with Crippen LogP contribution in [0.1, 0.15) is 57.1 Å². The van der Waals surface area contributed by atoms with Crippen molar-refractivity contribution in [1.29, 1.82) is 0 Å². The third-order valence-electron chi connectivity index (χ3n) is 5.63. The minimum absolute atomic E-state index is 0.00493. The maximum Gasteiger partial charge on any atom is 0.339 e. The van der Waals surface area contributed by atoms with E-state index in [2.05, 4.69) is 0 Å². The summed E-state index contributed by atoms with van der Waals surface area (Å²) in [5.41, 5.74) is 7.46. The first-order chi connectivity index (χ1) is 14.3. The van der Waals surface area contributed by atoms with E-state index in [0.29, 0.717) is 29.8 Å². The van der Waals surface area contributed by atoms with Gasteiger partial charge in [-0.25, -0.2) is 4.79 Å². The number of nitrogens with zero attached hydrogens (tertiary/aromatic N) is 1. The summed E-state index contributed by atoms with van der Waals surface area (Å²) in [4.78, 5) is 37.3. The number of carbonyl (C=O) groups is 3. The molecule has 30 heavy (non-hydrogen) atoms. The summed E-state index contributed by atoms with van der Waals surface area (Å²) >= 11 is 0. The number of ether oxygens (including phenoxy) is 2. The molecule has 2 heterocycles. The zero-order valence-electron chi connectivity index (χ0n) is 16.5. The minimum atomic E-state index is -1.07. The quantitative estimate of drug-likeness (QED) is 0.750. The van der Waals surface area contributed by atoms with Gasteiger partial charge in [0.1, 0.15) is 11.3 Å². The molecule has 2 aromatic carbocycles. The van der Waals surface area contributed by atoms with E-state index >= 15 is 0 Å². The molecular weight excluding hydrogens is 388 g/mol. The van der Waals surface area contributed by atoms with E-state index in [1.165, 1.54) is 6.92 Å². The predicted molar refractivity (Wildman–Crippen MR) is 107 cm³/mol. The number of fused-ring (bicyclic) bond motifs is 1. The maximum atomic E-state index is 12.0. The van der Waals surface area contributed by atoms with E-state index in [4.69, 9.17) is 15.2 Å². The average Bonchev–Trinajstić information content (AvgIpc) is 3.33. The number of Topliss-reactive ketones (excluding diaryl/α,β-unsaturated/α-hetero) is 1. The summed E-state index contributed by atoms with van der Waals surface area (Å²) in [6.07, 6.45) is 0.628. The van der Waals surface area contributed by atoms with Crippen LogP contribution in [0, 0.1) is 0 Å². The summed E-state index contributed by atoms with van der Waals surface area (Å²) in [6.45, 7) is 2.31. The van der Waals surface area contributed by atoms with Crippen LogP contribution in [-0.4, -0.2) is 47.5 Å². The number of aromatic carboxylic acids is 1. The molecule has 4 rings (SSSR count). The van der Waals surface area contributed by atoms with Gasteiger partial charge < -0.3 is 20.3 Å². The molecule has 2 aliphatic heterocycles. The van der Waals surface area contributed by atoms with Crippen LogP contribution in [0.15, 0.2) is 36.4 Å². The summed E-state index contributed by atoms with van der Waals surface area (Å²) in [5.74, 6) is -0.970. The molecule has 1 saturated heterocycles. The molecule has 0 radical (unpaired) electrons. The first-order valence-electron chi connectivity index (χ1n) is 9.64. The highest BCUT2D eigenvalue weighted by Crippen LogP contribution is 2.46. The van der Waals surface area contributed by atoms with Crippen LogP contribution in [0.2, 0.25) is 0 Å². The molecule has 0 bridgehead atoms. The number of carbonyl (C=O) groups excluding carboxylic acids is 2. The number of carboxylic acids is 1. The van der Waals surface area contributed by atoms with Gasteiger partial charge in [-0.3, -0.25) is 14.5 Å². The molecule has 0 saturated carbocycles. The Balaban J connectivity index is 1.69. The molecular formula is C22H22N2O6. The summed E-state index contributed by atoms with van der Waals surface area (Å²) in [6, 6.07) is 10.4. The van der Waals surface area contributed by atoms with Gasteiger partial charge in [0, 0.05) is 18.2 Å². The first-order valence-corrected chi connectivity index (χ1v) is 9.64. The smallest absolute Gasteiger partial charge is 0.339 e. The summed E-state index contributed by atoms with van der Waals surface area (Å²) in [7, 11) is 0. The van der Waals surface area contributed by atoms with Crippen molar-refractivity contribution in [2.75, 3.05) is 19.9 Å². The van der Waals surface area contributed by atoms with Crippen molar-refractivity contribution in [3.63, 3.8) is 0 Å². The van der Waals surface area contributed by atoms with Crippen molar-refractivity contribution in [3.05, 3.63) is 58.7 Å². The molecule has 1 amide bonds. The number of likely N-dealkylation sites (tertiary alicyclic amines) is 1. The lowest BCUT2D eigenvalue weighted by Gasteiger charge is -2.23. The van der Waals surface area contributed by atoms with Gasteiger partial charge in [-0.15, -0.1) is 0 Å². The minimum Gasteiger partial charge on any atom is -0.478 e. The molecule has 0 spiro atoms. The normalized spacial score (nSPS) is 20.3. The standard InChI is InChI=1S/C22H22N2O6/c1-12(25)9-24-10-15(8-17(24)13-2-4-14(5-3-13)21(23)26)16-6-7-18-20(30-11-29-18)19(16)22(27)28/h2-7,15,17H,8-11H2,1H3,(H2,23,26)(H,27,28). The van der Waals surface area contributed by atoms with Crippen LogP contribution in [0.3, 0.4) is 0 Å². The number of hydrogen-bond donors (Lipinski definition) is 2. The van der Waals surface area contributed by atoms with Gasteiger partial charge in [-0.05, 0) is 48.6 Å². The molecule has 2 unspecified atom stereocenters. The summed E-state index contributed by atoms with van der Waals surface area (Å²) in [5, 5.41) is 9.82. The molecule has 3 N–H and O–H groups in total. The lowest BCUT2D eigenvalue weighted by molar-refractivity contribution is -0.118. The fraction of sp³-hybridized carbons (Fsp3) is 0.318. The van der Waals surface area contributed by atoms with E-state index in [1.807, 2.05) is 17.0 Å². The Morgan fingerprint density at radius 1 is 1.13 bits per heavy atom. The summed E-state index contributed by atoms with van der Waals surface area (Å²) < 4.78 is 10.7.